The zero-order valence-corrected chi connectivity index (χ0v) is 24.8. The van der Waals surface area contributed by atoms with Crippen LogP contribution in [0.2, 0.25) is 0 Å². The van der Waals surface area contributed by atoms with Crippen LogP contribution in [-0.4, -0.2) is 75.8 Å². The first-order chi connectivity index (χ1) is 20.5. The number of nitrogens with two attached hydrogens (primary N) is 1. The molecule has 226 valence electrons. The highest BCUT2D eigenvalue weighted by Gasteiger charge is 2.27. The summed E-state index contributed by atoms with van der Waals surface area (Å²) in [6.45, 7) is 1.39. The van der Waals surface area contributed by atoms with Crippen molar-refractivity contribution >= 4 is 28.8 Å². The van der Waals surface area contributed by atoms with Crippen molar-refractivity contribution in [2.24, 2.45) is 5.73 Å². The molecule has 3 fully saturated rings. The molecule has 2 aromatic heterocycles. The van der Waals surface area contributed by atoms with Gasteiger partial charge in [0, 0.05) is 37.3 Å². The number of piperidine rings is 1. The second kappa shape index (κ2) is 12.7. The van der Waals surface area contributed by atoms with Crippen LogP contribution in [0.5, 0.6) is 11.5 Å². The summed E-state index contributed by atoms with van der Waals surface area (Å²) in [7, 11) is 3.22. The molecule has 6 rings (SSSR count). The van der Waals surface area contributed by atoms with E-state index in [1.165, 1.54) is 12.8 Å². The number of fused-ring (bicyclic) bond motifs is 1. The molecule has 0 bridgehead atoms. The Balaban J connectivity index is 1.13. The number of hydrogen-bond donors (Lipinski definition) is 3. The minimum Gasteiger partial charge on any atom is -0.493 e. The molecule has 1 aliphatic heterocycles. The van der Waals surface area contributed by atoms with Crippen LogP contribution in [0.25, 0.3) is 11.2 Å². The summed E-state index contributed by atoms with van der Waals surface area (Å²) in [5.74, 6) is 2.86. The van der Waals surface area contributed by atoms with Gasteiger partial charge in [0.2, 0.25) is 11.9 Å². The van der Waals surface area contributed by atoms with E-state index >= 15 is 0 Å². The van der Waals surface area contributed by atoms with Gasteiger partial charge in [-0.15, -0.1) is 0 Å². The lowest BCUT2D eigenvalue weighted by Crippen LogP contribution is -2.43. The summed E-state index contributed by atoms with van der Waals surface area (Å²) in [6, 6.07) is 6.92. The van der Waals surface area contributed by atoms with E-state index in [0.717, 1.165) is 73.9 Å². The lowest BCUT2D eigenvalue weighted by molar-refractivity contribution is -0.131. The second-order valence-electron chi connectivity index (χ2n) is 12.1. The van der Waals surface area contributed by atoms with Crippen molar-refractivity contribution in [2.75, 3.05) is 37.9 Å². The zero-order chi connectivity index (χ0) is 29.1. The van der Waals surface area contributed by atoms with Crippen molar-refractivity contribution < 1.29 is 14.3 Å². The molecular formula is C31H44N8O3. The number of nitrogens with one attached hydrogen (secondary N) is 2. The summed E-state index contributed by atoms with van der Waals surface area (Å²) in [6.07, 6.45) is 12.9. The highest BCUT2D eigenvalue weighted by molar-refractivity contribution is 5.84. The van der Waals surface area contributed by atoms with Gasteiger partial charge in [0.1, 0.15) is 0 Å². The van der Waals surface area contributed by atoms with Crippen molar-refractivity contribution in [3.05, 3.63) is 30.1 Å². The SMILES string of the molecule is COc1ccc(CC(=O)N2CCC(Nc3nc(N[C@H]4CC[C@H](N)CC4)nc4c3ncn4C3CCCC3)CC2)cc1OC. The molecule has 3 aromatic rings. The van der Waals surface area contributed by atoms with Crippen LogP contribution >= 0.6 is 0 Å². The number of benzene rings is 1. The van der Waals surface area contributed by atoms with Crippen LogP contribution in [0.1, 0.15) is 75.8 Å². The fraction of sp³-hybridized carbons (Fsp3) is 0.613. The number of carbonyl (C=O) groups is 1. The average Bonchev–Trinajstić information content (AvgIpc) is 3.69. The summed E-state index contributed by atoms with van der Waals surface area (Å²) in [5, 5.41) is 7.30. The maximum absolute atomic E-state index is 13.1. The van der Waals surface area contributed by atoms with Crippen molar-refractivity contribution in [1.82, 2.24) is 24.4 Å². The largest absolute Gasteiger partial charge is 0.493 e. The highest BCUT2D eigenvalue weighted by Crippen LogP contribution is 2.34. The molecule has 42 heavy (non-hydrogen) atoms. The van der Waals surface area contributed by atoms with Gasteiger partial charge in [0.15, 0.2) is 28.5 Å². The summed E-state index contributed by atoms with van der Waals surface area (Å²) in [5.41, 5.74) is 8.78. The second-order valence-corrected chi connectivity index (χ2v) is 12.1. The Morgan fingerprint density at radius 3 is 2.36 bits per heavy atom. The highest BCUT2D eigenvalue weighted by atomic mass is 16.5. The standard InChI is InChI=1S/C31H44N8O3/c1-41-25-12-7-20(17-26(25)42-2)18-27(40)38-15-13-23(14-16-38)34-29-28-30(39(19-33-28)24-5-3-4-6-24)37-31(36-29)35-22-10-8-21(32)9-11-22/h7,12,17,19,21-24H,3-6,8-11,13-16,18,32H2,1-2H3,(H2,34,35,36,37)/t21-,22-. The Hall–Kier alpha value is -3.60. The number of amides is 1. The average molecular weight is 577 g/mol. The van der Waals surface area contributed by atoms with Crippen molar-refractivity contribution in [3.63, 3.8) is 0 Å². The molecule has 2 aliphatic carbocycles. The van der Waals surface area contributed by atoms with Crippen LogP contribution in [0.4, 0.5) is 11.8 Å². The van der Waals surface area contributed by atoms with Crippen LogP contribution < -0.4 is 25.8 Å². The first-order valence-corrected chi connectivity index (χ1v) is 15.5. The molecule has 1 amide bonds. The third-order valence-corrected chi connectivity index (χ3v) is 9.24. The van der Waals surface area contributed by atoms with E-state index in [1.807, 2.05) is 29.4 Å². The zero-order valence-electron chi connectivity index (χ0n) is 24.8. The number of hydrogen-bond acceptors (Lipinski definition) is 9. The van der Waals surface area contributed by atoms with E-state index in [2.05, 4.69) is 15.2 Å². The molecule has 0 spiro atoms. The maximum atomic E-state index is 13.1. The molecule has 2 saturated carbocycles. The minimum atomic E-state index is 0.124. The van der Waals surface area contributed by atoms with Crippen LogP contribution in [0, 0.1) is 0 Å². The lowest BCUT2D eigenvalue weighted by Gasteiger charge is -2.33. The monoisotopic (exact) mass is 576 g/mol. The Labute approximate surface area is 247 Å². The molecule has 0 radical (unpaired) electrons. The van der Waals surface area contributed by atoms with Gasteiger partial charge < -0.3 is 35.3 Å². The Morgan fingerprint density at radius 1 is 0.929 bits per heavy atom. The van der Waals surface area contributed by atoms with Gasteiger partial charge >= 0.3 is 0 Å². The molecule has 4 N–H and O–H groups in total. The maximum Gasteiger partial charge on any atom is 0.227 e. The van der Waals surface area contributed by atoms with Gasteiger partial charge in [0.25, 0.3) is 0 Å². The third-order valence-electron chi connectivity index (χ3n) is 9.24. The Kier molecular flexibility index (Phi) is 8.64. The molecule has 11 heteroatoms. The topological polar surface area (TPSA) is 132 Å². The summed E-state index contributed by atoms with van der Waals surface area (Å²) in [4.78, 5) is 29.8. The van der Waals surface area contributed by atoms with E-state index < -0.39 is 0 Å². The van der Waals surface area contributed by atoms with Gasteiger partial charge in [-0.1, -0.05) is 18.9 Å². The number of carbonyl (C=O) groups excluding carboxylic acids is 1. The fourth-order valence-corrected chi connectivity index (χ4v) is 6.72. The summed E-state index contributed by atoms with van der Waals surface area (Å²) < 4.78 is 13.0. The molecule has 0 atom stereocenters. The van der Waals surface area contributed by atoms with E-state index in [-0.39, 0.29) is 11.9 Å². The number of imidazole rings is 1. The van der Waals surface area contributed by atoms with E-state index in [1.54, 1.807) is 14.2 Å². The first kappa shape index (κ1) is 28.5. The number of likely N-dealkylation sites (tertiary alicyclic amines) is 1. The summed E-state index contributed by atoms with van der Waals surface area (Å²) >= 11 is 0. The predicted octanol–water partition coefficient (Wildman–Crippen LogP) is 4.29. The quantitative estimate of drug-likeness (QED) is 0.341. The van der Waals surface area contributed by atoms with E-state index in [0.29, 0.717) is 55.1 Å². The van der Waals surface area contributed by atoms with Gasteiger partial charge in [-0.25, -0.2) is 4.98 Å². The number of ether oxygens (including phenoxy) is 2. The van der Waals surface area contributed by atoms with E-state index in [4.69, 9.17) is 30.2 Å². The Bertz CT molecular complexity index is 1370. The predicted molar refractivity (Wildman–Crippen MR) is 163 cm³/mol. The number of rotatable bonds is 9. The molecule has 3 heterocycles. The van der Waals surface area contributed by atoms with Gasteiger partial charge in [-0.05, 0) is 69.1 Å². The molecule has 11 nitrogen and oxygen atoms in total. The number of anilines is 2. The van der Waals surface area contributed by atoms with Gasteiger partial charge in [0.05, 0.1) is 27.0 Å². The van der Waals surface area contributed by atoms with E-state index in [9.17, 15) is 4.79 Å². The lowest BCUT2D eigenvalue weighted by atomic mass is 9.92. The first-order valence-electron chi connectivity index (χ1n) is 15.5. The van der Waals surface area contributed by atoms with Gasteiger partial charge in [-0.3, -0.25) is 4.79 Å². The molecule has 0 unspecified atom stereocenters. The van der Waals surface area contributed by atoms with Crippen LogP contribution in [-0.2, 0) is 11.2 Å². The van der Waals surface area contributed by atoms with Crippen molar-refractivity contribution in [1.29, 1.82) is 0 Å². The number of methoxy groups -OCH3 is 2. The minimum absolute atomic E-state index is 0.124. The smallest absolute Gasteiger partial charge is 0.227 e. The number of nitrogens with zero attached hydrogens (tertiary/aromatic N) is 5. The Morgan fingerprint density at radius 2 is 1.64 bits per heavy atom. The van der Waals surface area contributed by atoms with Crippen LogP contribution in [0.15, 0.2) is 24.5 Å². The van der Waals surface area contributed by atoms with Crippen LogP contribution in [0.3, 0.4) is 0 Å². The van der Waals surface area contributed by atoms with Gasteiger partial charge in [-0.2, -0.15) is 9.97 Å². The normalized spacial score (nSPS) is 21.9. The van der Waals surface area contributed by atoms with Crippen molar-refractivity contribution in [2.45, 2.75) is 94.8 Å². The molecule has 3 aliphatic rings. The molecule has 1 aromatic carbocycles. The fourth-order valence-electron chi connectivity index (χ4n) is 6.72. The third kappa shape index (κ3) is 6.25. The number of aromatic nitrogens is 4. The van der Waals surface area contributed by atoms with Crippen molar-refractivity contribution in [3.8, 4) is 11.5 Å². The molecule has 1 saturated heterocycles. The molecular weight excluding hydrogens is 532 g/mol.